The van der Waals surface area contributed by atoms with E-state index in [4.69, 9.17) is 23.2 Å². The molecule has 1 aliphatic carbocycles. The molecule has 0 bridgehead atoms. The summed E-state index contributed by atoms with van der Waals surface area (Å²) in [6.07, 6.45) is 6.00. The van der Waals surface area contributed by atoms with Gasteiger partial charge in [-0.15, -0.1) is 0 Å². The highest BCUT2D eigenvalue weighted by atomic mass is 35.5. The first-order valence-corrected chi connectivity index (χ1v) is 8.41. The molecule has 1 N–H and O–H groups in total. The van der Waals surface area contributed by atoms with Crippen molar-refractivity contribution in [3.8, 4) is 0 Å². The number of benzene rings is 1. The van der Waals surface area contributed by atoms with Crippen molar-refractivity contribution in [2.75, 3.05) is 13.1 Å². The van der Waals surface area contributed by atoms with Crippen molar-refractivity contribution < 1.29 is 4.79 Å². The van der Waals surface area contributed by atoms with Crippen molar-refractivity contribution in [2.45, 2.75) is 44.2 Å². The van der Waals surface area contributed by atoms with Gasteiger partial charge in [0.2, 0.25) is 0 Å². The fourth-order valence-corrected chi connectivity index (χ4v) is 3.81. The van der Waals surface area contributed by atoms with Gasteiger partial charge >= 0.3 is 0 Å². The number of nitrogens with zero attached hydrogens (tertiary/aromatic N) is 1. The lowest BCUT2D eigenvalue weighted by molar-refractivity contribution is 0.0912. The molecule has 1 amide bonds. The SMILES string of the molecule is O=C(NC1CCCC1N1CCCC1)c1ccc(Cl)c(Cl)c1. The van der Waals surface area contributed by atoms with E-state index in [-0.39, 0.29) is 11.9 Å². The summed E-state index contributed by atoms with van der Waals surface area (Å²) in [6, 6.07) is 5.79. The first-order valence-electron chi connectivity index (χ1n) is 7.65. The monoisotopic (exact) mass is 326 g/mol. The number of carbonyl (C=O) groups is 1. The Kier molecular flexibility index (Phi) is 4.72. The molecule has 1 heterocycles. The van der Waals surface area contributed by atoms with Crippen LogP contribution in [-0.4, -0.2) is 36.0 Å². The normalized spacial score (nSPS) is 26.2. The number of carbonyl (C=O) groups excluding carboxylic acids is 1. The van der Waals surface area contributed by atoms with Gasteiger partial charge in [-0.1, -0.05) is 23.2 Å². The minimum absolute atomic E-state index is 0.0512. The van der Waals surface area contributed by atoms with Gasteiger partial charge in [0.25, 0.3) is 5.91 Å². The zero-order chi connectivity index (χ0) is 14.8. The summed E-state index contributed by atoms with van der Waals surface area (Å²) in [5.41, 5.74) is 0.580. The average Bonchev–Trinajstić information content (AvgIpc) is 3.12. The Hall–Kier alpha value is -0.770. The topological polar surface area (TPSA) is 32.3 Å². The van der Waals surface area contributed by atoms with Crippen molar-refractivity contribution in [1.29, 1.82) is 0 Å². The average molecular weight is 327 g/mol. The van der Waals surface area contributed by atoms with Gasteiger partial charge in [-0.3, -0.25) is 9.69 Å². The number of hydrogen-bond donors (Lipinski definition) is 1. The van der Waals surface area contributed by atoms with Gasteiger partial charge in [0.05, 0.1) is 10.0 Å². The minimum atomic E-state index is -0.0512. The summed E-state index contributed by atoms with van der Waals surface area (Å²) in [7, 11) is 0. The van der Waals surface area contributed by atoms with E-state index in [0.29, 0.717) is 21.7 Å². The third kappa shape index (κ3) is 3.36. The molecule has 3 rings (SSSR count). The van der Waals surface area contributed by atoms with Crippen molar-refractivity contribution in [2.24, 2.45) is 0 Å². The van der Waals surface area contributed by atoms with Crippen LogP contribution in [0.2, 0.25) is 10.0 Å². The van der Waals surface area contributed by atoms with Crippen LogP contribution in [0.3, 0.4) is 0 Å². The summed E-state index contributed by atoms with van der Waals surface area (Å²) in [4.78, 5) is 14.9. The lowest BCUT2D eigenvalue weighted by atomic mass is 10.1. The standard InChI is InChI=1S/C16H20Cl2N2O/c17-12-7-6-11(10-13(12)18)16(21)19-14-4-3-5-15(14)20-8-1-2-9-20/h6-7,10,14-15H,1-5,8-9H2,(H,19,21). The Bertz CT molecular complexity index is 529. The van der Waals surface area contributed by atoms with E-state index in [2.05, 4.69) is 10.2 Å². The van der Waals surface area contributed by atoms with Crippen LogP contribution in [0.25, 0.3) is 0 Å². The van der Waals surface area contributed by atoms with Crippen LogP contribution in [0.5, 0.6) is 0 Å². The van der Waals surface area contributed by atoms with Crippen LogP contribution in [0.4, 0.5) is 0 Å². The second-order valence-corrected chi connectivity index (χ2v) is 6.76. The molecule has 1 aliphatic heterocycles. The molecule has 114 valence electrons. The summed E-state index contributed by atoms with van der Waals surface area (Å²) in [5, 5.41) is 4.09. The number of halogens is 2. The third-order valence-electron chi connectivity index (χ3n) is 4.59. The molecular formula is C16H20Cl2N2O. The largest absolute Gasteiger partial charge is 0.348 e. The van der Waals surface area contributed by atoms with E-state index in [0.717, 1.165) is 6.42 Å². The van der Waals surface area contributed by atoms with Crippen LogP contribution >= 0.6 is 23.2 Å². The number of hydrogen-bond acceptors (Lipinski definition) is 2. The molecule has 2 fully saturated rings. The smallest absolute Gasteiger partial charge is 0.251 e. The Morgan fingerprint density at radius 3 is 2.57 bits per heavy atom. The Morgan fingerprint density at radius 1 is 1.10 bits per heavy atom. The van der Waals surface area contributed by atoms with Crippen LogP contribution in [0.15, 0.2) is 18.2 Å². The molecule has 1 saturated heterocycles. The van der Waals surface area contributed by atoms with Crippen molar-refractivity contribution in [3.63, 3.8) is 0 Å². The molecule has 21 heavy (non-hydrogen) atoms. The zero-order valence-electron chi connectivity index (χ0n) is 11.9. The fourth-order valence-electron chi connectivity index (χ4n) is 3.51. The van der Waals surface area contributed by atoms with Gasteiger partial charge in [0.1, 0.15) is 0 Å². The molecule has 5 heteroatoms. The maximum atomic E-state index is 12.4. The predicted octanol–water partition coefficient (Wildman–Crippen LogP) is 3.74. The van der Waals surface area contributed by atoms with E-state index in [1.807, 2.05) is 0 Å². The van der Waals surface area contributed by atoms with Crippen LogP contribution < -0.4 is 5.32 Å². The molecule has 1 saturated carbocycles. The first-order chi connectivity index (χ1) is 10.1. The van der Waals surface area contributed by atoms with Gasteiger partial charge in [0, 0.05) is 17.6 Å². The first kappa shape index (κ1) is 15.1. The maximum absolute atomic E-state index is 12.4. The van der Waals surface area contributed by atoms with E-state index >= 15 is 0 Å². The van der Waals surface area contributed by atoms with Gasteiger partial charge in [-0.2, -0.15) is 0 Å². The molecule has 1 aromatic rings. The van der Waals surface area contributed by atoms with Gasteiger partial charge in [-0.05, 0) is 63.4 Å². The highest BCUT2D eigenvalue weighted by Gasteiger charge is 2.34. The van der Waals surface area contributed by atoms with Crippen LogP contribution in [0.1, 0.15) is 42.5 Å². The minimum Gasteiger partial charge on any atom is -0.348 e. The Balaban J connectivity index is 1.67. The molecular weight excluding hydrogens is 307 g/mol. The lowest BCUT2D eigenvalue weighted by Gasteiger charge is -2.29. The van der Waals surface area contributed by atoms with Crippen molar-refractivity contribution in [3.05, 3.63) is 33.8 Å². The molecule has 1 aromatic carbocycles. The number of likely N-dealkylation sites (tertiary alicyclic amines) is 1. The van der Waals surface area contributed by atoms with Gasteiger partial charge in [0.15, 0.2) is 0 Å². The molecule has 0 aromatic heterocycles. The second-order valence-electron chi connectivity index (χ2n) is 5.95. The highest BCUT2D eigenvalue weighted by molar-refractivity contribution is 6.42. The molecule has 0 radical (unpaired) electrons. The number of rotatable bonds is 3. The molecule has 2 atom stereocenters. The summed E-state index contributed by atoms with van der Waals surface area (Å²) in [5.74, 6) is -0.0512. The van der Waals surface area contributed by atoms with E-state index in [1.165, 1.54) is 38.8 Å². The number of nitrogens with one attached hydrogen (secondary N) is 1. The molecule has 0 spiro atoms. The fraction of sp³-hybridized carbons (Fsp3) is 0.562. The van der Waals surface area contributed by atoms with E-state index < -0.39 is 0 Å². The second kappa shape index (κ2) is 6.55. The summed E-state index contributed by atoms with van der Waals surface area (Å²) >= 11 is 11.9. The van der Waals surface area contributed by atoms with Crippen LogP contribution in [0, 0.1) is 0 Å². The number of amides is 1. The maximum Gasteiger partial charge on any atom is 0.251 e. The van der Waals surface area contributed by atoms with Crippen molar-refractivity contribution in [1.82, 2.24) is 10.2 Å². The van der Waals surface area contributed by atoms with E-state index in [1.54, 1.807) is 18.2 Å². The van der Waals surface area contributed by atoms with Gasteiger partial charge in [-0.25, -0.2) is 0 Å². The Labute approximate surface area is 135 Å². The lowest BCUT2D eigenvalue weighted by Crippen LogP contribution is -2.47. The van der Waals surface area contributed by atoms with Crippen LogP contribution in [-0.2, 0) is 0 Å². The highest BCUT2D eigenvalue weighted by Crippen LogP contribution is 2.28. The van der Waals surface area contributed by atoms with Gasteiger partial charge < -0.3 is 5.32 Å². The summed E-state index contributed by atoms with van der Waals surface area (Å²) in [6.45, 7) is 2.34. The Morgan fingerprint density at radius 2 is 1.86 bits per heavy atom. The third-order valence-corrected chi connectivity index (χ3v) is 5.33. The molecule has 2 unspecified atom stereocenters. The predicted molar refractivity (Wildman–Crippen MR) is 86.2 cm³/mol. The summed E-state index contributed by atoms with van der Waals surface area (Å²) < 4.78 is 0. The quantitative estimate of drug-likeness (QED) is 0.917. The molecule has 2 aliphatic rings. The van der Waals surface area contributed by atoms with Crippen molar-refractivity contribution >= 4 is 29.1 Å². The zero-order valence-corrected chi connectivity index (χ0v) is 13.5. The molecule has 3 nitrogen and oxygen atoms in total. The van der Waals surface area contributed by atoms with E-state index in [9.17, 15) is 4.79 Å².